The van der Waals surface area contributed by atoms with E-state index in [1.807, 2.05) is 12.1 Å². The van der Waals surface area contributed by atoms with Crippen LogP contribution in [-0.4, -0.2) is 5.11 Å². The van der Waals surface area contributed by atoms with Crippen LogP contribution in [0.1, 0.15) is 69.4 Å². The summed E-state index contributed by atoms with van der Waals surface area (Å²) in [7, 11) is 0. The summed E-state index contributed by atoms with van der Waals surface area (Å²) in [6.45, 7) is 4.27. The Morgan fingerprint density at radius 1 is 1.33 bits per heavy atom. The van der Waals surface area contributed by atoms with Gasteiger partial charge in [-0.25, -0.2) is 0 Å². The summed E-state index contributed by atoms with van der Waals surface area (Å²) in [5.74, 6) is 0.352. The topological polar surface area (TPSA) is 49.7 Å². The molecule has 1 atom stereocenters. The lowest BCUT2D eigenvalue weighted by atomic mass is 9.84. The van der Waals surface area contributed by atoms with Crippen LogP contribution >= 0.6 is 0 Å². The first-order valence-electron chi connectivity index (χ1n) is 8.02. The van der Waals surface area contributed by atoms with Gasteiger partial charge in [0.2, 0.25) is 0 Å². The van der Waals surface area contributed by atoms with E-state index in [0.717, 1.165) is 50.5 Å². The number of aromatic hydroxyl groups is 1. The SMILES string of the molecule is CCCCCc1cc(O)c([C@@H]2C=C(C)CCC2)c(N=O)c1. The molecule has 1 aromatic carbocycles. The van der Waals surface area contributed by atoms with Gasteiger partial charge in [-0.15, -0.1) is 4.91 Å². The summed E-state index contributed by atoms with van der Waals surface area (Å²) in [6, 6.07) is 3.67. The maximum absolute atomic E-state index is 11.2. The molecule has 0 fully saturated rings. The number of aryl methyl sites for hydroxylation is 1. The number of phenols is 1. The second-order valence-electron chi connectivity index (χ2n) is 6.11. The van der Waals surface area contributed by atoms with Crippen molar-refractivity contribution in [3.8, 4) is 5.75 Å². The van der Waals surface area contributed by atoms with E-state index in [0.29, 0.717) is 11.3 Å². The molecular formula is C18H25NO2. The van der Waals surface area contributed by atoms with Gasteiger partial charge in [-0.05, 0) is 61.9 Å². The Bertz CT molecular complexity index is 534. The highest BCUT2D eigenvalue weighted by molar-refractivity contribution is 5.58. The van der Waals surface area contributed by atoms with Gasteiger partial charge in [-0.1, -0.05) is 31.4 Å². The normalized spacial score (nSPS) is 18.4. The highest BCUT2D eigenvalue weighted by Crippen LogP contribution is 2.42. The summed E-state index contributed by atoms with van der Waals surface area (Å²) >= 11 is 0. The van der Waals surface area contributed by atoms with E-state index in [9.17, 15) is 10.0 Å². The molecule has 0 saturated carbocycles. The molecule has 0 spiro atoms. The molecule has 3 heteroatoms. The third kappa shape index (κ3) is 3.93. The zero-order valence-corrected chi connectivity index (χ0v) is 13.1. The molecule has 0 heterocycles. The van der Waals surface area contributed by atoms with E-state index < -0.39 is 0 Å². The fraction of sp³-hybridized carbons (Fsp3) is 0.556. The number of nitrogens with zero attached hydrogens (tertiary/aromatic N) is 1. The number of phenolic OH excluding ortho intramolecular Hbond substituents is 1. The van der Waals surface area contributed by atoms with E-state index in [1.165, 1.54) is 5.57 Å². The molecule has 0 saturated heterocycles. The molecule has 0 aliphatic heterocycles. The predicted molar refractivity (Wildman–Crippen MR) is 87.1 cm³/mol. The smallest absolute Gasteiger partial charge is 0.121 e. The van der Waals surface area contributed by atoms with E-state index in [4.69, 9.17) is 0 Å². The number of nitroso groups, excluding NO2 is 1. The molecule has 0 bridgehead atoms. The zero-order chi connectivity index (χ0) is 15.2. The van der Waals surface area contributed by atoms with Gasteiger partial charge < -0.3 is 5.11 Å². The summed E-state index contributed by atoms with van der Waals surface area (Å²) < 4.78 is 0. The number of allylic oxidation sites excluding steroid dienone is 2. The van der Waals surface area contributed by atoms with E-state index in [2.05, 4.69) is 25.1 Å². The minimum Gasteiger partial charge on any atom is -0.508 e. The first kappa shape index (κ1) is 15.7. The average molecular weight is 287 g/mol. The summed E-state index contributed by atoms with van der Waals surface area (Å²) in [4.78, 5) is 11.2. The number of unbranched alkanes of at least 4 members (excludes halogenated alkanes) is 2. The van der Waals surface area contributed by atoms with Crippen LogP contribution in [0.15, 0.2) is 29.0 Å². The molecule has 0 amide bonds. The van der Waals surface area contributed by atoms with Crippen LogP contribution in [0.3, 0.4) is 0 Å². The lowest BCUT2D eigenvalue weighted by Gasteiger charge is -2.22. The van der Waals surface area contributed by atoms with Gasteiger partial charge in [-0.3, -0.25) is 0 Å². The molecule has 114 valence electrons. The highest BCUT2D eigenvalue weighted by Gasteiger charge is 2.21. The number of hydrogen-bond donors (Lipinski definition) is 1. The van der Waals surface area contributed by atoms with Crippen molar-refractivity contribution in [2.75, 3.05) is 0 Å². The molecule has 2 rings (SSSR count). The quantitative estimate of drug-likeness (QED) is 0.412. The fourth-order valence-corrected chi connectivity index (χ4v) is 3.20. The van der Waals surface area contributed by atoms with Crippen LogP contribution in [0.4, 0.5) is 5.69 Å². The van der Waals surface area contributed by atoms with Gasteiger partial charge in [0.05, 0.1) is 0 Å². The van der Waals surface area contributed by atoms with Gasteiger partial charge >= 0.3 is 0 Å². The summed E-state index contributed by atoms with van der Waals surface area (Å²) in [6.07, 6.45) is 9.65. The van der Waals surface area contributed by atoms with Crippen molar-refractivity contribution in [1.82, 2.24) is 0 Å². The Hall–Kier alpha value is -1.64. The molecule has 1 aliphatic rings. The Morgan fingerprint density at radius 3 is 2.81 bits per heavy atom. The maximum atomic E-state index is 11.2. The van der Waals surface area contributed by atoms with Crippen molar-refractivity contribution in [1.29, 1.82) is 0 Å². The highest BCUT2D eigenvalue weighted by atomic mass is 16.3. The Balaban J connectivity index is 2.29. The second kappa shape index (κ2) is 7.39. The van der Waals surface area contributed by atoms with Crippen molar-refractivity contribution in [3.63, 3.8) is 0 Å². The molecule has 0 unspecified atom stereocenters. The van der Waals surface area contributed by atoms with Gasteiger partial charge in [0, 0.05) is 11.5 Å². The van der Waals surface area contributed by atoms with Gasteiger partial charge in [-0.2, -0.15) is 0 Å². The van der Waals surface area contributed by atoms with Crippen molar-refractivity contribution < 1.29 is 5.11 Å². The lowest BCUT2D eigenvalue weighted by Crippen LogP contribution is -2.03. The van der Waals surface area contributed by atoms with Crippen LogP contribution in [0.2, 0.25) is 0 Å². The Labute approximate surface area is 127 Å². The summed E-state index contributed by atoms with van der Waals surface area (Å²) in [5, 5.41) is 13.6. The van der Waals surface area contributed by atoms with Crippen LogP contribution in [0.5, 0.6) is 5.75 Å². The van der Waals surface area contributed by atoms with Gasteiger partial charge in [0.1, 0.15) is 11.4 Å². The average Bonchev–Trinajstić information content (AvgIpc) is 2.46. The monoisotopic (exact) mass is 287 g/mol. The van der Waals surface area contributed by atoms with Gasteiger partial charge in [0.15, 0.2) is 0 Å². The van der Waals surface area contributed by atoms with Crippen LogP contribution in [0.25, 0.3) is 0 Å². The first-order valence-corrected chi connectivity index (χ1v) is 8.02. The van der Waals surface area contributed by atoms with Crippen molar-refractivity contribution >= 4 is 5.69 Å². The van der Waals surface area contributed by atoms with Crippen molar-refractivity contribution in [2.45, 2.75) is 64.7 Å². The fourth-order valence-electron chi connectivity index (χ4n) is 3.20. The van der Waals surface area contributed by atoms with E-state index in [-0.39, 0.29) is 11.7 Å². The van der Waals surface area contributed by atoms with Crippen LogP contribution < -0.4 is 0 Å². The van der Waals surface area contributed by atoms with Crippen molar-refractivity contribution in [3.05, 3.63) is 39.8 Å². The summed E-state index contributed by atoms with van der Waals surface area (Å²) in [5.41, 5.74) is 3.46. The Morgan fingerprint density at radius 2 is 2.14 bits per heavy atom. The van der Waals surface area contributed by atoms with Crippen molar-refractivity contribution in [2.24, 2.45) is 5.18 Å². The standard InChI is InChI=1S/C18H25NO2/c1-3-4-5-8-14-11-16(19-21)18(17(20)12-14)15-9-6-7-13(2)10-15/h10-12,15,20H,3-9H2,1-2H3/t15-/m0/s1. The molecule has 1 aromatic rings. The third-order valence-corrected chi connectivity index (χ3v) is 4.31. The second-order valence-corrected chi connectivity index (χ2v) is 6.11. The molecule has 1 N–H and O–H groups in total. The van der Waals surface area contributed by atoms with E-state index in [1.54, 1.807) is 0 Å². The Kier molecular flexibility index (Phi) is 5.54. The number of benzene rings is 1. The molecule has 3 nitrogen and oxygen atoms in total. The molecule has 0 aromatic heterocycles. The van der Waals surface area contributed by atoms with E-state index >= 15 is 0 Å². The third-order valence-electron chi connectivity index (χ3n) is 4.31. The molecule has 0 radical (unpaired) electrons. The minimum atomic E-state index is 0.121. The predicted octanol–water partition coefficient (Wildman–Crippen LogP) is 5.74. The first-order chi connectivity index (χ1) is 10.2. The number of rotatable bonds is 6. The maximum Gasteiger partial charge on any atom is 0.121 e. The van der Waals surface area contributed by atoms with Crippen LogP contribution in [0, 0.1) is 4.91 Å². The zero-order valence-electron chi connectivity index (χ0n) is 13.1. The minimum absolute atomic E-state index is 0.121. The van der Waals surface area contributed by atoms with Crippen LogP contribution in [-0.2, 0) is 6.42 Å². The van der Waals surface area contributed by atoms with Gasteiger partial charge in [0.25, 0.3) is 0 Å². The lowest BCUT2D eigenvalue weighted by molar-refractivity contribution is 0.460. The molecule has 21 heavy (non-hydrogen) atoms. The largest absolute Gasteiger partial charge is 0.508 e. The number of hydrogen-bond acceptors (Lipinski definition) is 3. The molecule has 1 aliphatic carbocycles. The molecular weight excluding hydrogens is 262 g/mol.